The summed E-state index contributed by atoms with van der Waals surface area (Å²) in [5.74, 6) is -0.227. The standard InChI is InChI=1S/C20H19N3O2/c24-19(22-16-6-7-17-14(12-16)9-10-21-17)8-5-15-11-13-3-1-2-4-18(13)23-20(15)25/h1-4,6-7,9-10,12,15,21H,5,8,11H2,(H,22,24)(H,23,25)/t15-/m0/s1. The number of carbonyl (C=O) groups excluding carboxylic acids is 2. The fourth-order valence-electron chi connectivity index (χ4n) is 3.31. The van der Waals surface area contributed by atoms with Crippen LogP contribution in [0.4, 0.5) is 11.4 Å². The van der Waals surface area contributed by atoms with Gasteiger partial charge in [0.25, 0.3) is 0 Å². The first-order valence-corrected chi connectivity index (χ1v) is 8.45. The van der Waals surface area contributed by atoms with E-state index in [2.05, 4.69) is 15.6 Å². The first-order chi connectivity index (χ1) is 12.2. The van der Waals surface area contributed by atoms with Crippen molar-refractivity contribution in [3.8, 4) is 0 Å². The molecule has 0 fully saturated rings. The van der Waals surface area contributed by atoms with Crippen LogP contribution in [0, 0.1) is 5.92 Å². The lowest BCUT2D eigenvalue weighted by Crippen LogP contribution is -2.30. The van der Waals surface area contributed by atoms with Crippen molar-refractivity contribution in [3.05, 3.63) is 60.3 Å². The fraction of sp³-hybridized carbons (Fsp3) is 0.200. The summed E-state index contributed by atoms with van der Waals surface area (Å²) in [7, 11) is 0. The Morgan fingerprint density at radius 2 is 2.04 bits per heavy atom. The SMILES string of the molecule is O=C(CC[C@H]1Cc2ccccc2NC1=O)Nc1ccc2[nH]ccc2c1. The summed E-state index contributed by atoms with van der Waals surface area (Å²) in [6, 6.07) is 15.5. The number of benzene rings is 2. The third kappa shape index (κ3) is 3.26. The second kappa shape index (κ2) is 6.43. The quantitative estimate of drug-likeness (QED) is 0.681. The number of nitrogens with one attached hydrogen (secondary N) is 3. The van der Waals surface area contributed by atoms with Crippen LogP contribution in [-0.2, 0) is 16.0 Å². The minimum Gasteiger partial charge on any atom is -0.361 e. The first kappa shape index (κ1) is 15.4. The zero-order chi connectivity index (χ0) is 17.2. The first-order valence-electron chi connectivity index (χ1n) is 8.45. The van der Waals surface area contributed by atoms with E-state index in [-0.39, 0.29) is 17.7 Å². The lowest BCUT2D eigenvalue weighted by atomic mass is 9.89. The Morgan fingerprint density at radius 3 is 2.96 bits per heavy atom. The minimum absolute atomic E-state index is 0.000224. The van der Waals surface area contributed by atoms with Crippen LogP contribution in [0.2, 0.25) is 0 Å². The number of carbonyl (C=O) groups is 2. The highest BCUT2D eigenvalue weighted by Crippen LogP contribution is 2.27. The van der Waals surface area contributed by atoms with Crippen molar-refractivity contribution in [1.29, 1.82) is 0 Å². The molecule has 0 bridgehead atoms. The van der Waals surface area contributed by atoms with E-state index < -0.39 is 0 Å². The zero-order valence-electron chi connectivity index (χ0n) is 13.7. The molecule has 3 N–H and O–H groups in total. The Bertz CT molecular complexity index is 945. The highest BCUT2D eigenvalue weighted by molar-refractivity contribution is 5.97. The van der Waals surface area contributed by atoms with Crippen LogP contribution in [0.1, 0.15) is 18.4 Å². The zero-order valence-corrected chi connectivity index (χ0v) is 13.7. The number of para-hydroxylation sites is 1. The second-order valence-corrected chi connectivity index (χ2v) is 6.41. The largest absolute Gasteiger partial charge is 0.361 e. The molecule has 25 heavy (non-hydrogen) atoms. The van der Waals surface area contributed by atoms with Crippen LogP contribution in [0.3, 0.4) is 0 Å². The number of amides is 2. The number of hydrogen-bond donors (Lipinski definition) is 3. The van der Waals surface area contributed by atoms with E-state index in [1.54, 1.807) is 0 Å². The van der Waals surface area contributed by atoms with Crippen molar-refractivity contribution in [3.63, 3.8) is 0 Å². The summed E-state index contributed by atoms with van der Waals surface area (Å²) in [5.41, 5.74) is 3.82. The minimum atomic E-state index is -0.159. The van der Waals surface area contributed by atoms with Crippen molar-refractivity contribution in [2.75, 3.05) is 10.6 Å². The van der Waals surface area contributed by atoms with E-state index >= 15 is 0 Å². The lowest BCUT2D eigenvalue weighted by Gasteiger charge is -2.24. The number of rotatable bonds is 4. The maximum absolute atomic E-state index is 12.2. The number of fused-ring (bicyclic) bond motifs is 2. The van der Waals surface area contributed by atoms with Gasteiger partial charge >= 0.3 is 0 Å². The van der Waals surface area contributed by atoms with Crippen LogP contribution in [0.15, 0.2) is 54.7 Å². The molecular weight excluding hydrogens is 314 g/mol. The van der Waals surface area contributed by atoms with Gasteiger partial charge in [0, 0.05) is 40.8 Å². The molecule has 5 heteroatoms. The van der Waals surface area contributed by atoms with Crippen molar-refractivity contribution >= 4 is 34.1 Å². The van der Waals surface area contributed by atoms with Gasteiger partial charge in [0.05, 0.1) is 0 Å². The van der Waals surface area contributed by atoms with Gasteiger partial charge in [0.2, 0.25) is 11.8 Å². The molecule has 1 aliphatic rings. The molecule has 2 heterocycles. The Balaban J connectivity index is 1.36. The summed E-state index contributed by atoms with van der Waals surface area (Å²) in [6.45, 7) is 0. The molecule has 0 spiro atoms. The van der Waals surface area contributed by atoms with E-state index in [1.807, 2.05) is 54.7 Å². The highest BCUT2D eigenvalue weighted by atomic mass is 16.2. The third-order valence-corrected chi connectivity index (χ3v) is 4.67. The average molecular weight is 333 g/mol. The number of aromatic nitrogens is 1. The maximum atomic E-state index is 12.2. The summed E-state index contributed by atoms with van der Waals surface area (Å²) in [4.78, 5) is 27.6. The van der Waals surface area contributed by atoms with Gasteiger partial charge in [-0.3, -0.25) is 9.59 Å². The van der Waals surface area contributed by atoms with Crippen molar-refractivity contribution in [2.24, 2.45) is 5.92 Å². The van der Waals surface area contributed by atoms with Crippen LogP contribution in [0.5, 0.6) is 0 Å². The van der Waals surface area contributed by atoms with Crippen molar-refractivity contribution in [2.45, 2.75) is 19.3 Å². The molecule has 0 aliphatic carbocycles. The van der Waals surface area contributed by atoms with E-state index in [0.29, 0.717) is 19.3 Å². The topological polar surface area (TPSA) is 74.0 Å². The second-order valence-electron chi connectivity index (χ2n) is 6.41. The molecule has 1 atom stereocenters. The monoisotopic (exact) mass is 333 g/mol. The molecule has 2 amide bonds. The Kier molecular flexibility index (Phi) is 3.98. The van der Waals surface area contributed by atoms with Crippen LogP contribution in [-0.4, -0.2) is 16.8 Å². The van der Waals surface area contributed by atoms with Gasteiger partial charge in [-0.05, 0) is 48.7 Å². The number of aromatic amines is 1. The summed E-state index contributed by atoms with van der Waals surface area (Å²) >= 11 is 0. The molecule has 0 saturated heterocycles. The molecule has 2 aromatic carbocycles. The highest BCUT2D eigenvalue weighted by Gasteiger charge is 2.26. The normalized spacial score (nSPS) is 16.3. The molecule has 0 radical (unpaired) electrons. The molecule has 4 rings (SSSR count). The van der Waals surface area contributed by atoms with Crippen LogP contribution < -0.4 is 10.6 Å². The lowest BCUT2D eigenvalue weighted by molar-refractivity contribution is -0.121. The number of H-pyrrole nitrogens is 1. The van der Waals surface area contributed by atoms with Gasteiger partial charge in [0.1, 0.15) is 0 Å². The molecule has 3 aromatic rings. The number of anilines is 2. The molecule has 126 valence electrons. The van der Waals surface area contributed by atoms with Gasteiger partial charge < -0.3 is 15.6 Å². The molecule has 1 aromatic heterocycles. The number of hydrogen-bond acceptors (Lipinski definition) is 2. The predicted octanol–water partition coefficient (Wildman–Crippen LogP) is 3.70. The van der Waals surface area contributed by atoms with Gasteiger partial charge in [-0.15, -0.1) is 0 Å². The van der Waals surface area contributed by atoms with E-state index in [4.69, 9.17) is 0 Å². The van der Waals surface area contributed by atoms with Crippen molar-refractivity contribution in [1.82, 2.24) is 4.98 Å². The van der Waals surface area contributed by atoms with Crippen LogP contribution >= 0.6 is 0 Å². The Morgan fingerprint density at radius 1 is 1.16 bits per heavy atom. The van der Waals surface area contributed by atoms with Crippen molar-refractivity contribution < 1.29 is 9.59 Å². The molecular formula is C20H19N3O2. The molecule has 0 unspecified atom stereocenters. The predicted molar refractivity (Wildman–Crippen MR) is 98.4 cm³/mol. The summed E-state index contributed by atoms with van der Waals surface area (Å²) < 4.78 is 0. The van der Waals surface area contributed by atoms with Gasteiger partial charge in [-0.1, -0.05) is 18.2 Å². The Hall–Kier alpha value is -3.08. The average Bonchev–Trinajstić information content (AvgIpc) is 3.07. The maximum Gasteiger partial charge on any atom is 0.227 e. The summed E-state index contributed by atoms with van der Waals surface area (Å²) in [6.07, 6.45) is 3.42. The van der Waals surface area contributed by atoms with E-state index in [0.717, 1.165) is 27.8 Å². The van der Waals surface area contributed by atoms with Crippen LogP contribution in [0.25, 0.3) is 10.9 Å². The van der Waals surface area contributed by atoms with Gasteiger partial charge in [-0.2, -0.15) is 0 Å². The third-order valence-electron chi connectivity index (χ3n) is 4.67. The smallest absolute Gasteiger partial charge is 0.227 e. The van der Waals surface area contributed by atoms with Gasteiger partial charge in [0.15, 0.2) is 0 Å². The molecule has 1 aliphatic heterocycles. The van der Waals surface area contributed by atoms with E-state index in [9.17, 15) is 9.59 Å². The molecule has 0 saturated carbocycles. The summed E-state index contributed by atoms with van der Waals surface area (Å²) in [5, 5.41) is 6.90. The Labute approximate surface area is 145 Å². The van der Waals surface area contributed by atoms with Gasteiger partial charge in [-0.25, -0.2) is 0 Å². The van der Waals surface area contributed by atoms with E-state index in [1.165, 1.54) is 0 Å². The molecule has 5 nitrogen and oxygen atoms in total. The fourth-order valence-corrected chi connectivity index (χ4v) is 3.31.